The second-order valence-electron chi connectivity index (χ2n) is 13.4. The molecule has 0 bridgehead atoms. The number of hydrogen-bond acceptors (Lipinski definition) is 2. The molecule has 0 aromatic heterocycles. The highest BCUT2D eigenvalue weighted by Gasteiger charge is 2.21. The van der Waals surface area contributed by atoms with Gasteiger partial charge in [0.05, 0.1) is 6.04 Å². The number of benzene rings is 8. The Morgan fingerprint density at radius 1 is 0.500 bits per heavy atom. The molecule has 2 heteroatoms. The molecule has 0 fully saturated rings. The van der Waals surface area contributed by atoms with Crippen molar-refractivity contribution in [2.24, 2.45) is 0 Å². The van der Waals surface area contributed by atoms with E-state index in [-0.39, 0.29) is 6.04 Å². The Labute approximate surface area is 304 Å². The van der Waals surface area contributed by atoms with Crippen LogP contribution >= 0.6 is 0 Å². The van der Waals surface area contributed by atoms with E-state index in [1.807, 2.05) is 6.08 Å². The standard InChI is InChI=1S/C50H36N2/c51-29-9-11-34-10-8-15-41(30-34)35-19-24-39(25-20-35)48-32-43(33-49(52-48)46-18-7-6-16-44(46)36-12-2-1-3-13-36)42-28-23-38-22-27-40-26-21-37-14-4-5-17-45(37)50(40)47(38)31-42/h1-33,48,51-52H/b11-9-,51-29?. The van der Waals surface area contributed by atoms with E-state index in [1.165, 1.54) is 71.9 Å². The zero-order valence-electron chi connectivity index (χ0n) is 28.6. The van der Waals surface area contributed by atoms with E-state index in [0.717, 1.165) is 22.4 Å². The Balaban J connectivity index is 1.18. The lowest BCUT2D eigenvalue weighted by Crippen LogP contribution is -2.22. The number of rotatable bonds is 7. The summed E-state index contributed by atoms with van der Waals surface area (Å²) in [6.45, 7) is 0. The summed E-state index contributed by atoms with van der Waals surface area (Å²) in [5.74, 6) is 0. The third kappa shape index (κ3) is 5.91. The predicted molar refractivity (Wildman–Crippen MR) is 222 cm³/mol. The summed E-state index contributed by atoms with van der Waals surface area (Å²) in [4.78, 5) is 0. The van der Waals surface area contributed by atoms with E-state index in [0.29, 0.717) is 0 Å². The summed E-state index contributed by atoms with van der Waals surface area (Å²) < 4.78 is 0. The average molecular weight is 665 g/mol. The van der Waals surface area contributed by atoms with Crippen molar-refractivity contribution in [3.63, 3.8) is 0 Å². The third-order valence-corrected chi connectivity index (χ3v) is 10.2. The minimum atomic E-state index is -0.0428. The van der Waals surface area contributed by atoms with E-state index < -0.39 is 0 Å². The molecular formula is C50H36N2. The van der Waals surface area contributed by atoms with E-state index >= 15 is 0 Å². The van der Waals surface area contributed by atoms with Crippen molar-refractivity contribution in [2.75, 3.05) is 0 Å². The van der Waals surface area contributed by atoms with Crippen LogP contribution < -0.4 is 5.32 Å². The maximum atomic E-state index is 7.35. The second-order valence-corrected chi connectivity index (χ2v) is 13.4. The molecule has 0 spiro atoms. The lowest BCUT2D eigenvalue weighted by molar-refractivity contribution is 0.767. The summed E-state index contributed by atoms with van der Waals surface area (Å²) in [7, 11) is 0. The highest BCUT2D eigenvalue weighted by atomic mass is 14.9. The molecule has 1 aliphatic heterocycles. The Bertz CT molecular complexity index is 2710. The molecule has 8 aromatic carbocycles. The van der Waals surface area contributed by atoms with Gasteiger partial charge in [0, 0.05) is 17.5 Å². The maximum absolute atomic E-state index is 7.35. The lowest BCUT2D eigenvalue weighted by atomic mass is 9.89. The Kier molecular flexibility index (Phi) is 8.11. The van der Waals surface area contributed by atoms with Crippen molar-refractivity contribution in [3.8, 4) is 22.3 Å². The summed E-state index contributed by atoms with van der Waals surface area (Å²) >= 11 is 0. The number of fused-ring (bicyclic) bond motifs is 5. The molecule has 0 saturated heterocycles. The molecule has 0 amide bonds. The van der Waals surface area contributed by atoms with Crippen LogP contribution in [0, 0.1) is 5.41 Å². The highest BCUT2D eigenvalue weighted by molar-refractivity contribution is 6.20. The Hall–Kier alpha value is -6.77. The van der Waals surface area contributed by atoms with Gasteiger partial charge in [-0.3, -0.25) is 0 Å². The molecule has 8 aromatic rings. The molecule has 1 unspecified atom stereocenters. The number of hydrogen-bond donors (Lipinski definition) is 2. The molecular weight excluding hydrogens is 629 g/mol. The summed E-state index contributed by atoms with van der Waals surface area (Å²) in [5, 5.41) is 18.9. The number of nitrogens with one attached hydrogen (secondary N) is 2. The first-order valence-electron chi connectivity index (χ1n) is 17.8. The van der Waals surface area contributed by atoms with Crippen LogP contribution in [0.25, 0.3) is 71.9 Å². The van der Waals surface area contributed by atoms with E-state index in [2.05, 4.69) is 187 Å². The van der Waals surface area contributed by atoms with Gasteiger partial charge >= 0.3 is 0 Å². The monoisotopic (exact) mass is 664 g/mol. The summed E-state index contributed by atoms with van der Waals surface area (Å²) in [6, 6.07) is 61.3. The van der Waals surface area contributed by atoms with Gasteiger partial charge in [-0.25, -0.2) is 0 Å². The first kappa shape index (κ1) is 31.2. The van der Waals surface area contributed by atoms with Gasteiger partial charge in [0.2, 0.25) is 0 Å². The van der Waals surface area contributed by atoms with E-state index in [1.54, 1.807) is 6.08 Å². The molecule has 246 valence electrons. The van der Waals surface area contributed by atoms with Gasteiger partial charge < -0.3 is 10.7 Å². The van der Waals surface area contributed by atoms with E-state index in [9.17, 15) is 0 Å². The van der Waals surface area contributed by atoms with Gasteiger partial charge in [-0.2, -0.15) is 0 Å². The first-order chi connectivity index (χ1) is 25.7. The largest absolute Gasteiger partial charge is 0.374 e. The van der Waals surface area contributed by atoms with Crippen LogP contribution in [0.1, 0.15) is 28.3 Å². The van der Waals surface area contributed by atoms with Gasteiger partial charge in [0.25, 0.3) is 0 Å². The molecule has 2 nitrogen and oxygen atoms in total. The van der Waals surface area contributed by atoms with Gasteiger partial charge in [-0.05, 0) is 107 Å². The first-order valence-corrected chi connectivity index (χ1v) is 17.8. The smallest absolute Gasteiger partial charge is 0.0707 e. The minimum Gasteiger partial charge on any atom is -0.374 e. The van der Waals surface area contributed by atoms with Crippen LogP contribution in [0.2, 0.25) is 0 Å². The number of allylic oxidation sites excluding steroid dienone is 3. The Morgan fingerprint density at radius 2 is 1.17 bits per heavy atom. The molecule has 0 aliphatic carbocycles. The molecule has 9 rings (SSSR count). The van der Waals surface area contributed by atoms with Gasteiger partial charge in [0.1, 0.15) is 0 Å². The fourth-order valence-corrected chi connectivity index (χ4v) is 7.61. The zero-order chi connectivity index (χ0) is 34.9. The quantitative estimate of drug-likeness (QED) is 0.129. The summed E-state index contributed by atoms with van der Waals surface area (Å²) in [6.07, 6.45) is 9.72. The molecule has 0 radical (unpaired) electrons. The topological polar surface area (TPSA) is 35.9 Å². The fraction of sp³-hybridized carbons (Fsp3) is 0.0200. The van der Waals surface area contributed by atoms with Crippen LogP contribution in [-0.4, -0.2) is 6.21 Å². The molecule has 2 N–H and O–H groups in total. The zero-order valence-corrected chi connectivity index (χ0v) is 28.6. The predicted octanol–water partition coefficient (Wildman–Crippen LogP) is 12.9. The van der Waals surface area contributed by atoms with Gasteiger partial charge in [-0.15, -0.1) is 0 Å². The maximum Gasteiger partial charge on any atom is 0.0707 e. The van der Waals surface area contributed by atoms with Crippen LogP contribution in [0.5, 0.6) is 0 Å². The fourth-order valence-electron chi connectivity index (χ4n) is 7.61. The van der Waals surface area contributed by atoms with Crippen molar-refractivity contribution >= 4 is 55.9 Å². The molecule has 1 aliphatic rings. The van der Waals surface area contributed by atoms with Gasteiger partial charge in [0.15, 0.2) is 0 Å². The Morgan fingerprint density at radius 3 is 2.00 bits per heavy atom. The lowest BCUT2D eigenvalue weighted by Gasteiger charge is -2.27. The highest BCUT2D eigenvalue weighted by Crippen LogP contribution is 2.39. The average Bonchev–Trinajstić information content (AvgIpc) is 3.22. The van der Waals surface area contributed by atoms with Crippen molar-refractivity contribution in [1.82, 2.24) is 5.32 Å². The molecule has 1 heterocycles. The van der Waals surface area contributed by atoms with Gasteiger partial charge in [-0.1, -0.05) is 164 Å². The molecule has 0 saturated carbocycles. The van der Waals surface area contributed by atoms with Crippen LogP contribution in [0.3, 0.4) is 0 Å². The van der Waals surface area contributed by atoms with E-state index in [4.69, 9.17) is 5.41 Å². The van der Waals surface area contributed by atoms with Crippen LogP contribution in [-0.2, 0) is 0 Å². The molecule has 1 atom stereocenters. The van der Waals surface area contributed by atoms with Crippen molar-refractivity contribution in [1.29, 1.82) is 5.41 Å². The molecule has 52 heavy (non-hydrogen) atoms. The van der Waals surface area contributed by atoms with Crippen LogP contribution in [0.15, 0.2) is 188 Å². The van der Waals surface area contributed by atoms with Crippen molar-refractivity contribution in [2.45, 2.75) is 6.04 Å². The summed E-state index contributed by atoms with van der Waals surface area (Å²) in [5.41, 5.74) is 11.6. The normalized spacial score (nSPS) is 14.3. The van der Waals surface area contributed by atoms with Crippen LogP contribution in [0.4, 0.5) is 0 Å². The minimum absolute atomic E-state index is 0.0428. The third-order valence-electron chi connectivity index (χ3n) is 10.2. The number of dihydropyridines is 1. The SMILES string of the molecule is N=C/C=C\c1cccc(-c2ccc(C3C=C(c4ccc5ccc6ccc7ccccc7c6c5c4)C=C(c4ccccc4-c4ccccc4)N3)cc2)c1. The second kappa shape index (κ2) is 13.5. The van der Waals surface area contributed by atoms with Crippen molar-refractivity contribution in [3.05, 3.63) is 210 Å². The van der Waals surface area contributed by atoms with Crippen molar-refractivity contribution < 1.29 is 0 Å².